The molecule has 1 saturated heterocycles. The predicted octanol–water partition coefficient (Wildman–Crippen LogP) is 5.65. The van der Waals surface area contributed by atoms with E-state index in [-0.39, 0.29) is 23.7 Å². The zero-order valence-electron chi connectivity index (χ0n) is 21.8. The lowest BCUT2D eigenvalue weighted by Gasteiger charge is -2.30. The highest BCUT2D eigenvalue weighted by molar-refractivity contribution is 7.88. The lowest BCUT2D eigenvalue weighted by molar-refractivity contribution is -0.137. The van der Waals surface area contributed by atoms with Crippen molar-refractivity contribution in [2.45, 2.75) is 51.8 Å². The number of aliphatic hydroxyl groups is 1. The van der Waals surface area contributed by atoms with Crippen molar-refractivity contribution in [1.82, 2.24) is 18.7 Å². The Bertz CT molecular complexity index is 1640. The number of benzene rings is 1. The maximum Gasteiger partial charge on any atom is 0.417 e. The van der Waals surface area contributed by atoms with Crippen molar-refractivity contribution in [2.75, 3.05) is 19.3 Å². The van der Waals surface area contributed by atoms with Crippen LogP contribution in [0.3, 0.4) is 0 Å². The first kappa shape index (κ1) is 27.8. The Morgan fingerprint density at radius 1 is 1.13 bits per heavy atom. The van der Waals surface area contributed by atoms with Crippen LogP contribution >= 0.6 is 11.3 Å². The Morgan fingerprint density at radius 2 is 1.82 bits per heavy atom. The fraction of sp³-hybridized carbons (Fsp3) is 0.407. The van der Waals surface area contributed by atoms with E-state index in [1.807, 2.05) is 25.3 Å². The molecule has 4 heterocycles. The van der Waals surface area contributed by atoms with E-state index in [9.17, 15) is 26.7 Å². The first-order valence-corrected chi connectivity index (χ1v) is 15.3. The molecule has 0 spiro atoms. The van der Waals surface area contributed by atoms with E-state index >= 15 is 0 Å². The minimum absolute atomic E-state index is 0.0519. The monoisotopic (exact) mass is 578 g/mol. The van der Waals surface area contributed by atoms with Gasteiger partial charge in [-0.05, 0) is 49.3 Å². The van der Waals surface area contributed by atoms with Crippen LogP contribution in [0, 0.1) is 6.92 Å². The predicted molar refractivity (Wildman–Crippen MR) is 145 cm³/mol. The van der Waals surface area contributed by atoms with Gasteiger partial charge in [-0.25, -0.2) is 22.7 Å². The summed E-state index contributed by atoms with van der Waals surface area (Å²) in [7, 11) is -3.26. The first-order valence-electron chi connectivity index (χ1n) is 12.7. The summed E-state index contributed by atoms with van der Waals surface area (Å²) in [5.41, 5.74) is 2.23. The van der Waals surface area contributed by atoms with Gasteiger partial charge in [-0.1, -0.05) is 25.1 Å². The quantitative estimate of drug-likeness (QED) is 0.320. The van der Waals surface area contributed by atoms with Gasteiger partial charge < -0.3 is 5.11 Å². The van der Waals surface area contributed by atoms with Crippen molar-refractivity contribution in [3.63, 3.8) is 0 Å². The van der Waals surface area contributed by atoms with Crippen LogP contribution in [0.1, 0.15) is 52.9 Å². The summed E-state index contributed by atoms with van der Waals surface area (Å²) < 4.78 is 71.0. The highest BCUT2D eigenvalue weighted by Gasteiger charge is 2.38. The number of alkyl halides is 3. The van der Waals surface area contributed by atoms with Gasteiger partial charge >= 0.3 is 6.18 Å². The van der Waals surface area contributed by atoms with Crippen LogP contribution in [-0.2, 0) is 29.2 Å². The average molecular weight is 579 g/mol. The number of aryl methyl sites for hydroxylation is 1. The molecule has 12 heteroatoms. The molecule has 7 nitrogen and oxygen atoms in total. The molecule has 1 aliphatic rings. The third-order valence-electron chi connectivity index (χ3n) is 7.39. The number of fused-ring (bicyclic) bond motifs is 1. The smallest absolute Gasteiger partial charge is 0.391 e. The van der Waals surface area contributed by atoms with Gasteiger partial charge in [0, 0.05) is 36.6 Å². The van der Waals surface area contributed by atoms with Gasteiger partial charge in [0.25, 0.3) is 0 Å². The fourth-order valence-electron chi connectivity index (χ4n) is 5.41. The average Bonchev–Trinajstić information content (AvgIpc) is 3.51. The maximum atomic E-state index is 14.7. The van der Waals surface area contributed by atoms with E-state index in [1.165, 1.54) is 41.1 Å². The van der Waals surface area contributed by atoms with Crippen LogP contribution in [0.15, 0.2) is 36.7 Å². The van der Waals surface area contributed by atoms with Crippen molar-refractivity contribution in [3.8, 4) is 21.8 Å². The second-order valence-corrected chi connectivity index (χ2v) is 12.9. The molecule has 1 N–H and O–H groups in total. The molecule has 0 bridgehead atoms. The minimum atomic E-state index is -4.63. The highest BCUT2D eigenvalue weighted by Crippen LogP contribution is 2.44. The Hall–Kier alpha value is -2.80. The summed E-state index contributed by atoms with van der Waals surface area (Å²) in [5, 5.41) is 9.82. The Balaban J connectivity index is 1.64. The van der Waals surface area contributed by atoms with E-state index < -0.39 is 21.8 Å². The van der Waals surface area contributed by atoms with Crippen molar-refractivity contribution < 1.29 is 26.7 Å². The number of piperidine rings is 1. The van der Waals surface area contributed by atoms with E-state index in [2.05, 4.69) is 9.97 Å². The van der Waals surface area contributed by atoms with Crippen LogP contribution in [0.4, 0.5) is 13.2 Å². The molecular weight excluding hydrogens is 549 g/mol. The number of aliphatic hydroxyl groups excluding tert-OH is 1. The highest BCUT2D eigenvalue weighted by atomic mass is 32.2. The van der Waals surface area contributed by atoms with E-state index in [4.69, 9.17) is 0 Å². The van der Waals surface area contributed by atoms with Gasteiger partial charge in [-0.2, -0.15) is 13.2 Å². The van der Waals surface area contributed by atoms with Crippen molar-refractivity contribution in [2.24, 2.45) is 0 Å². The molecule has 0 radical (unpaired) electrons. The van der Waals surface area contributed by atoms with Crippen LogP contribution < -0.4 is 0 Å². The first-order chi connectivity index (χ1) is 18.4. The second kappa shape index (κ2) is 10.3. The summed E-state index contributed by atoms with van der Waals surface area (Å²) in [5.74, 6) is 0.0875. The van der Waals surface area contributed by atoms with E-state index in [1.54, 1.807) is 10.5 Å². The van der Waals surface area contributed by atoms with Gasteiger partial charge in [0.15, 0.2) is 0 Å². The molecular formula is C27H29F3N4O3S2. The number of aromatic nitrogens is 3. The van der Waals surface area contributed by atoms with Gasteiger partial charge in [-0.15, -0.1) is 11.3 Å². The summed E-state index contributed by atoms with van der Waals surface area (Å²) in [4.78, 5) is 9.47. The molecule has 0 unspecified atom stereocenters. The minimum Gasteiger partial charge on any atom is -0.391 e. The summed E-state index contributed by atoms with van der Waals surface area (Å²) in [6.07, 6.45) is 1.62. The maximum absolute atomic E-state index is 14.7. The van der Waals surface area contributed by atoms with Crippen molar-refractivity contribution >= 4 is 27.0 Å². The molecule has 0 aliphatic carbocycles. The number of imidazole rings is 1. The SMILES string of the molecule is CCc1nc2ccc(C3CCN(S(C)(=O)=O)CC3)cn2c1-c1ccc(-c2ncc(CO)s2)c(C)c1C(F)(F)F. The number of thiazole rings is 1. The Labute approximate surface area is 229 Å². The van der Waals surface area contributed by atoms with Crippen LogP contribution in [-0.4, -0.2) is 51.5 Å². The molecule has 0 atom stereocenters. The molecule has 3 aromatic heterocycles. The lowest BCUT2D eigenvalue weighted by atomic mass is 9.91. The summed E-state index contributed by atoms with van der Waals surface area (Å²) in [6, 6.07) is 6.91. The number of pyridine rings is 1. The third-order valence-corrected chi connectivity index (χ3v) is 9.70. The summed E-state index contributed by atoms with van der Waals surface area (Å²) in [6.45, 7) is 3.92. The molecule has 39 heavy (non-hydrogen) atoms. The molecule has 1 fully saturated rings. The number of hydrogen-bond donors (Lipinski definition) is 1. The molecule has 4 aromatic rings. The van der Waals surface area contributed by atoms with Crippen molar-refractivity contribution in [3.05, 3.63) is 63.9 Å². The molecule has 0 saturated carbocycles. The lowest BCUT2D eigenvalue weighted by Crippen LogP contribution is -2.37. The normalized spacial score (nSPS) is 15.9. The number of rotatable bonds is 6. The fourth-order valence-corrected chi connectivity index (χ4v) is 7.14. The Morgan fingerprint density at radius 3 is 2.41 bits per heavy atom. The van der Waals surface area contributed by atoms with Gasteiger partial charge in [0.2, 0.25) is 10.0 Å². The standard InChI is InChI=1S/C27H29F3N4O3S2/c1-4-22-25(21-7-6-20(16(2)24(21)27(28,29)30)26-31-13-19(15-35)38-26)34-14-18(5-8-23(34)32-22)17-9-11-33(12-10-17)39(3,36)37/h5-8,13-14,17,35H,4,9-12,15H2,1-3H3. The Kier molecular flexibility index (Phi) is 7.34. The molecule has 0 amide bonds. The largest absolute Gasteiger partial charge is 0.417 e. The molecule has 1 aromatic carbocycles. The topological polar surface area (TPSA) is 87.8 Å². The zero-order chi connectivity index (χ0) is 28.1. The van der Waals surface area contributed by atoms with E-state index in [0.717, 1.165) is 5.56 Å². The van der Waals surface area contributed by atoms with E-state index in [0.29, 0.717) is 64.8 Å². The van der Waals surface area contributed by atoms with Crippen LogP contribution in [0.25, 0.3) is 27.5 Å². The van der Waals surface area contributed by atoms with Gasteiger partial charge in [0.1, 0.15) is 10.7 Å². The molecule has 5 rings (SSSR count). The zero-order valence-corrected chi connectivity index (χ0v) is 23.4. The number of sulfonamides is 1. The second-order valence-electron chi connectivity index (χ2n) is 9.84. The number of hydrogen-bond acceptors (Lipinski definition) is 6. The number of nitrogens with zero attached hydrogens (tertiary/aromatic N) is 4. The van der Waals surface area contributed by atoms with Crippen LogP contribution in [0.5, 0.6) is 0 Å². The van der Waals surface area contributed by atoms with Gasteiger partial charge in [-0.3, -0.25) is 4.40 Å². The third kappa shape index (κ3) is 5.22. The van der Waals surface area contributed by atoms with Crippen molar-refractivity contribution in [1.29, 1.82) is 0 Å². The van der Waals surface area contributed by atoms with Gasteiger partial charge in [0.05, 0.1) is 34.7 Å². The summed E-state index contributed by atoms with van der Waals surface area (Å²) >= 11 is 1.17. The van der Waals surface area contributed by atoms with Crippen LogP contribution in [0.2, 0.25) is 0 Å². The number of halogens is 3. The molecule has 208 valence electrons. The molecule has 1 aliphatic heterocycles.